The number of ketones is 2. The number of aryl methyl sites for hydroxylation is 1. The Kier molecular flexibility index (Phi) is 5.86. The van der Waals surface area contributed by atoms with Gasteiger partial charge in [-0.05, 0) is 37.5 Å². The third-order valence-corrected chi connectivity index (χ3v) is 7.07. The van der Waals surface area contributed by atoms with Gasteiger partial charge in [0.1, 0.15) is 34.3 Å². The number of phenols is 4. The van der Waals surface area contributed by atoms with E-state index in [9.17, 15) is 39.9 Å². The molecule has 2 aliphatic carbocycles. The van der Waals surface area contributed by atoms with Crippen LogP contribution in [0.15, 0.2) is 22.3 Å². The molecule has 3 aromatic carbocycles. The first-order chi connectivity index (χ1) is 18.9. The summed E-state index contributed by atoms with van der Waals surface area (Å²) in [6.45, 7) is 1.37. The Morgan fingerprint density at radius 3 is 2.25 bits per heavy atom. The number of phenolic OH excluding ortho intramolecular Hbond substituents is 3. The summed E-state index contributed by atoms with van der Waals surface area (Å²) in [5.41, 5.74) is 8.94. The van der Waals surface area contributed by atoms with Crippen molar-refractivity contribution in [2.45, 2.75) is 19.8 Å². The van der Waals surface area contributed by atoms with Crippen LogP contribution in [0.4, 0.5) is 0 Å². The Bertz CT molecular complexity index is 1770. The van der Waals surface area contributed by atoms with Gasteiger partial charge in [0, 0.05) is 33.4 Å². The van der Waals surface area contributed by atoms with Crippen LogP contribution in [0.25, 0.3) is 11.1 Å². The molecule has 0 aliphatic heterocycles. The van der Waals surface area contributed by atoms with Crippen LogP contribution in [-0.4, -0.2) is 62.4 Å². The first-order valence-corrected chi connectivity index (χ1v) is 11.8. The van der Waals surface area contributed by atoms with E-state index in [1.165, 1.54) is 20.1 Å². The van der Waals surface area contributed by atoms with Crippen molar-refractivity contribution in [3.63, 3.8) is 0 Å². The smallest absolute Gasteiger partial charge is 0.340 e. The number of hydrogen-bond acceptors (Lipinski definition) is 10. The fourth-order valence-electron chi connectivity index (χ4n) is 5.32. The molecule has 3 aromatic rings. The molecule has 13 nitrogen and oxygen atoms in total. The minimum absolute atomic E-state index is 0.0104. The number of carbonyl (C=O) groups excluding carboxylic acids is 2. The van der Waals surface area contributed by atoms with Gasteiger partial charge in [0.25, 0.3) is 0 Å². The molecule has 9 N–H and O–H groups in total. The monoisotopic (exact) mass is 546 g/mol. The average molecular weight is 546 g/mol. The van der Waals surface area contributed by atoms with E-state index in [2.05, 4.69) is 10.2 Å². The van der Waals surface area contributed by atoms with Crippen molar-refractivity contribution < 1.29 is 44.7 Å². The summed E-state index contributed by atoms with van der Waals surface area (Å²) in [6, 6.07) is 2.45. The SMILES string of the molecule is COc1c2c(c(O)c3c1C(=O)c1c(cc(O)c(C)c1O)C3=O)-c1c(cc(/C=N/N=C(N)N)c(C(=O)O)c1O)CC2. The molecule has 0 unspecified atom stereocenters. The normalized spacial score (nSPS) is 13.3. The van der Waals surface area contributed by atoms with E-state index < -0.39 is 51.7 Å². The number of carboxylic acid groups (broad SMARTS) is 1. The van der Waals surface area contributed by atoms with E-state index in [0.717, 1.165) is 12.3 Å². The van der Waals surface area contributed by atoms with Crippen LogP contribution in [-0.2, 0) is 12.8 Å². The Labute approximate surface area is 225 Å². The number of rotatable bonds is 4. The van der Waals surface area contributed by atoms with Gasteiger partial charge in [-0.2, -0.15) is 5.10 Å². The zero-order valence-corrected chi connectivity index (χ0v) is 21.1. The summed E-state index contributed by atoms with van der Waals surface area (Å²) < 4.78 is 5.55. The topological polar surface area (TPSA) is 238 Å². The van der Waals surface area contributed by atoms with Crippen molar-refractivity contribution in [3.8, 4) is 39.9 Å². The molecule has 5 rings (SSSR count). The van der Waals surface area contributed by atoms with Gasteiger partial charge in [0.15, 0.2) is 5.78 Å². The second-order valence-electron chi connectivity index (χ2n) is 9.23. The lowest BCUT2D eigenvalue weighted by Gasteiger charge is -2.30. The number of ether oxygens (including phenoxy) is 1. The van der Waals surface area contributed by atoms with Crippen molar-refractivity contribution in [1.29, 1.82) is 0 Å². The van der Waals surface area contributed by atoms with Crippen molar-refractivity contribution in [2.24, 2.45) is 21.7 Å². The van der Waals surface area contributed by atoms with E-state index in [4.69, 9.17) is 16.2 Å². The number of nitrogens with two attached hydrogens (primary N) is 2. The van der Waals surface area contributed by atoms with Crippen LogP contribution in [0.2, 0.25) is 0 Å². The second-order valence-corrected chi connectivity index (χ2v) is 9.23. The number of aromatic carboxylic acids is 1. The number of carbonyl (C=O) groups is 3. The molecule has 0 spiro atoms. The van der Waals surface area contributed by atoms with Crippen LogP contribution in [0.1, 0.15) is 64.5 Å². The van der Waals surface area contributed by atoms with E-state index in [-0.39, 0.29) is 69.1 Å². The van der Waals surface area contributed by atoms with Gasteiger partial charge in [0.2, 0.25) is 11.7 Å². The predicted octanol–water partition coefficient (Wildman–Crippen LogP) is 1.67. The van der Waals surface area contributed by atoms with Gasteiger partial charge < -0.3 is 41.7 Å². The number of fused-ring (bicyclic) bond motifs is 5. The molecule has 0 amide bonds. The number of benzene rings is 3. The van der Waals surface area contributed by atoms with Crippen LogP contribution in [0.5, 0.6) is 28.7 Å². The molecular formula is C27H22N4O9. The summed E-state index contributed by atoms with van der Waals surface area (Å²) in [5, 5.41) is 60.5. The lowest BCUT2D eigenvalue weighted by atomic mass is 9.74. The fourth-order valence-corrected chi connectivity index (χ4v) is 5.32. The van der Waals surface area contributed by atoms with Crippen molar-refractivity contribution in [3.05, 3.63) is 62.2 Å². The minimum Gasteiger partial charge on any atom is -0.508 e. The van der Waals surface area contributed by atoms with Crippen molar-refractivity contribution in [2.75, 3.05) is 7.11 Å². The highest BCUT2D eigenvalue weighted by Gasteiger charge is 2.42. The van der Waals surface area contributed by atoms with Crippen LogP contribution in [0.3, 0.4) is 0 Å². The van der Waals surface area contributed by atoms with Gasteiger partial charge in [-0.15, -0.1) is 5.10 Å². The maximum Gasteiger partial charge on any atom is 0.340 e. The summed E-state index contributed by atoms with van der Waals surface area (Å²) >= 11 is 0. The molecule has 204 valence electrons. The maximum atomic E-state index is 13.6. The maximum absolute atomic E-state index is 13.6. The molecule has 0 atom stereocenters. The third kappa shape index (κ3) is 3.51. The van der Waals surface area contributed by atoms with Crippen LogP contribution >= 0.6 is 0 Å². The molecule has 0 heterocycles. The number of carboxylic acids is 1. The average Bonchev–Trinajstić information content (AvgIpc) is 2.89. The number of nitrogens with zero attached hydrogens (tertiary/aromatic N) is 2. The van der Waals surface area contributed by atoms with Crippen LogP contribution in [0, 0.1) is 6.92 Å². The van der Waals surface area contributed by atoms with Crippen molar-refractivity contribution in [1.82, 2.24) is 0 Å². The minimum atomic E-state index is -1.52. The van der Waals surface area contributed by atoms with Crippen molar-refractivity contribution >= 4 is 29.7 Å². The molecule has 0 aromatic heterocycles. The summed E-state index contributed by atoms with van der Waals surface area (Å²) in [5.74, 6) is -6.10. The first kappa shape index (κ1) is 26.0. The lowest BCUT2D eigenvalue weighted by Crippen LogP contribution is -2.24. The molecule has 2 aliphatic rings. The number of aromatic hydroxyl groups is 4. The molecule has 0 saturated heterocycles. The first-order valence-electron chi connectivity index (χ1n) is 11.8. The highest BCUT2D eigenvalue weighted by molar-refractivity contribution is 6.32. The van der Waals surface area contributed by atoms with Gasteiger partial charge >= 0.3 is 5.97 Å². The number of guanidine groups is 1. The molecule has 0 bridgehead atoms. The third-order valence-electron chi connectivity index (χ3n) is 7.07. The largest absolute Gasteiger partial charge is 0.508 e. The summed E-state index contributed by atoms with van der Waals surface area (Å²) in [4.78, 5) is 39.5. The van der Waals surface area contributed by atoms with E-state index >= 15 is 0 Å². The van der Waals surface area contributed by atoms with E-state index in [1.807, 2.05) is 0 Å². The van der Waals surface area contributed by atoms with E-state index in [1.54, 1.807) is 0 Å². The molecule has 0 saturated carbocycles. The number of methoxy groups -OCH3 is 1. The fraction of sp³-hybridized carbons (Fsp3) is 0.148. The number of hydrogen-bond donors (Lipinski definition) is 7. The van der Waals surface area contributed by atoms with E-state index in [0.29, 0.717) is 5.56 Å². The second kappa shape index (κ2) is 9.01. The Morgan fingerprint density at radius 1 is 0.925 bits per heavy atom. The summed E-state index contributed by atoms with van der Waals surface area (Å²) in [6.07, 6.45) is 1.42. The zero-order valence-electron chi connectivity index (χ0n) is 21.1. The van der Waals surface area contributed by atoms with Gasteiger partial charge in [-0.3, -0.25) is 9.59 Å². The zero-order chi connectivity index (χ0) is 29.2. The van der Waals surface area contributed by atoms with Gasteiger partial charge in [0.05, 0.1) is 30.0 Å². The van der Waals surface area contributed by atoms with Gasteiger partial charge in [-0.1, -0.05) is 0 Å². The van der Waals surface area contributed by atoms with Crippen LogP contribution < -0.4 is 16.2 Å². The highest BCUT2D eigenvalue weighted by atomic mass is 16.5. The summed E-state index contributed by atoms with van der Waals surface area (Å²) in [7, 11) is 1.25. The van der Waals surface area contributed by atoms with Gasteiger partial charge in [-0.25, -0.2) is 4.79 Å². The predicted molar refractivity (Wildman–Crippen MR) is 141 cm³/mol. The Hall–Kier alpha value is -5.59. The molecule has 0 fully saturated rings. The highest BCUT2D eigenvalue weighted by Crippen LogP contribution is 2.54. The Morgan fingerprint density at radius 2 is 1.62 bits per heavy atom. The molecule has 0 radical (unpaired) electrons. The molecular weight excluding hydrogens is 524 g/mol. The Balaban J connectivity index is 1.85. The molecule has 40 heavy (non-hydrogen) atoms. The lowest BCUT2D eigenvalue weighted by molar-refractivity contribution is 0.0693. The molecule has 13 heteroatoms. The quantitative estimate of drug-likeness (QED) is 0.110. The standard InChI is InChI=1S/C27H22N4O9/c1-8-13(32)6-12-17(20(8)33)24(37)19-18(21(12)34)23(36)16-11(25(19)40-2)4-3-9-5-10(7-30-31-27(28)29)15(26(38)39)22(35)14(9)16/h5-7,32-33,35-36H,3-4H2,1-2H3,(H,38,39)(H4,28,29,31)/b30-7+.